The molecule has 0 radical (unpaired) electrons. The van der Waals surface area contributed by atoms with E-state index in [-0.39, 0.29) is 13.2 Å². The summed E-state index contributed by atoms with van der Waals surface area (Å²) in [5, 5.41) is 9.74. The van der Waals surface area contributed by atoms with Gasteiger partial charge < -0.3 is 19.5 Å². The van der Waals surface area contributed by atoms with Crippen LogP contribution in [0.4, 0.5) is 4.79 Å². The lowest BCUT2D eigenvalue weighted by Gasteiger charge is -2.21. The maximum atomic E-state index is 11.4. The molecule has 5 heteroatoms. The Morgan fingerprint density at radius 3 is 2.45 bits per heavy atom. The first kappa shape index (κ1) is 16.5. The van der Waals surface area contributed by atoms with E-state index in [1.165, 1.54) is 0 Å². The molecule has 0 heterocycles. The highest BCUT2D eigenvalue weighted by Crippen LogP contribution is 2.02. The van der Waals surface area contributed by atoms with Gasteiger partial charge in [0, 0.05) is 6.54 Å². The van der Waals surface area contributed by atoms with Crippen LogP contribution in [-0.2, 0) is 16.1 Å². The molecule has 5 nitrogen and oxygen atoms in total. The number of hydrogen-bond acceptors (Lipinski definition) is 5. The highest BCUT2D eigenvalue weighted by Gasteiger charge is 2.12. The van der Waals surface area contributed by atoms with Crippen molar-refractivity contribution in [2.75, 3.05) is 26.2 Å². The van der Waals surface area contributed by atoms with Crippen molar-refractivity contribution in [1.29, 1.82) is 0 Å². The van der Waals surface area contributed by atoms with Crippen LogP contribution in [0.2, 0.25) is 0 Å². The summed E-state index contributed by atoms with van der Waals surface area (Å²) in [7, 11) is 0. The normalized spacial score (nSPS) is 12.2. The smallest absolute Gasteiger partial charge is 0.431 e. The van der Waals surface area contributed by atoms with Crippen LogP contribution in [0.1, 0.15) is 19.4 Å². The predicted octanol–water partition coefficient (Wildman–Crippen LogP) is 2.04. The molecule has 1 unspecified atom stereocenters. The lowest BCUT2D eigenvalue weighted by molar-refractivity contribution is 0.00572. The monoisotopic (exact) mass is 281 g/mol. The highest BCUT2D eigenvalue weighted by molar-refractivity contribution is 5.59. The van der Waals surface area contributed by atoms with Crippen molar-refractivity contribution in [2.24, 2.45) is 0 Å². The van der Waals surface area contributed by atoms with Crippen LogP contribution in [0.15, 0.2) is 30.3 Å². The largest absolute Gasteiger partial charge is 0.508 e. The number of aliphatic hydroxyl groups excluding tert-OH is 1. The van der Waals surface area contributed by atoms with Crippen molar-refractivity contribution >= 4 is 6.16 Å². The van der Waals surface area contributed by atoms with E-state index in [4.69, 9.17) is 9.47 Å². The fourth-order valence-corrected chi connectivity index (χ4v) is 1.75. The van der Waals surface area contributed by atoms with Crippen molar-refractivity contribution < 1.29 is 19.4 Å². The Kier molecular flexibility index (Phi) is 7.69. The summed E-state index contributed by atoms with van der Waals surface area (Å²) >= 11 is 0. The van der Waals surface area contributed by atoms with Gasteiger partial charge in [0.1, 0.15) is 19.3 Å². The van der Waals surface area contributed by atoms with Crippen LogP contribution in [0, 0.1) is 0 Å². The summed E-state index contributed by atoms with van der Waals surface area (Å²) in [5.74, 6) is 0. The summed E-state index contributed by atoms with van der Waals surface area (Å²) in [6.45, 7) is 6.35. The standard InChI is InChI=1S/C15H23NO4/c1-3-16(4-2)10-14(17)12-20-15(18)19-11-13-8-6-5-7-9-13/h5-9,14,17H,3-4,10-12H2,1-2H3. The van der Waals surface area contributed by atoms with Gasteiger partial charge in [0.15, 0.2) is 0 Å². The zero-order chi connectivity index (χ0) is 14.8. The van der Waals surface area contributed by atoms with Gasteiger partial charge in [0.2, 0.25) is 0 Å². The predicted molar refractivity (Wildman–Crippen MR) is 76.4 cm³/mol. The van der Waals surface area contributed by atoms with E-state index in [0.717, 1.165) is 18.7 Å². The molecule has 0 fully saturated rings. The summed E-state index contributed by atoms with van der Waals surface area (Å²) in [6.07, 6.45) is -1.45. The van der Waals surface area contributed by atoms with E-state index in [9.17, 15) is 9.90 Å². The summed E-state index contributed by atoms with van der Waals surface area (Å²) in [5.41, 5.74) is 0.896. The molecule has 112 valence electrons. The number of aliphatic hydroxyl groups is 1. The Morgan fingerprint density at radius 1 is 1.20 bits per heavy atom. The van der Waals surface area contributed by atoms with Crippen molar-refractivity contribution in [2.45, 2.75) is 26.6 Å². The SMILES string of the molecule is CCN(CC)CC(O)COC(=O)OCc1ccccc1. The number of hydrogen-bond donors (Lipinski definition) is 1. The van der Waals surface area contributed by atoms with Crippen LogP contribution in [0.3, 0.4) is 0 Å². The Hall–Kier alpha value is -1.59. The Bertz CT molecular complexity index is 379. The minimum absolute atomic E-state index is 0.0515. The first-order valence-electron chi connectivity index (χ1n) is 6.89. The molecular weight excluding hydrogens is 258 g/mol. The molecule has 0 spiro atoms. The van der Waals surface area contributed by atoms with E-state index < -0.39 is 12.3 Å². The van der Waals surface area contributed by atoms with E-state index in [1.54, 1.807) is 0 Å². The van der Waals surface area contributed by atoms with Crippen molar-refractivity contribution in [3.8, 4) is 0 Å². The third-order valence-corrected chi connectivity index (χ3v) is 2.96. The van der Waals surface area contributed by atoms with Crippen LogP contribution < -0.4 is 0 Å². The number of rotatable bonds is 8. The quantitative estimate of drug-likeness (QED) is 0.739. The Morgan fingerprint density at radius 2 is 1.85 bits per heavy atom. The van der Waals surface area contributed by atoms with Gasteiger partial charge in [-0.25, -0.2) is 4.79 Å². The average Bonchev–Trinajstić information content (AvgIpc) is 2.49. The molecule has 1 rings (SSSR count). The summed E-state index contributed by atoms with van der Waals surface area (Å²) in [6, 6.07) is 9.37. The molecule has 0 aliphatic carbocycles. The van der Waals surface area contributed by atoms with Gasteiger partial charge >= 0.3 is 6.16 Å². The molecule has 0 amide bonds. The lowest BCUT2D eigenvalue weighted by Crippen LogP contribution is -2.35. The zero-order valence-electron chi connectivity index (χ0n) is 12.1. The minimum Gasteiger partial charge on any atom is -0.431 e. The number of likely N-dealkylation sites (N-methyl/N-ethyl adjacent to an activating group) is 1. The molecule has 0 saturated heterocycles. The van der Waals surface area contributed by atoms with Gasteiger partial charge in [-0.2, -0.15) is 0 Å². The molecular formula is C15H23NO4. The molecule has 0 aromatic heterocycles. The fraction of sp³-hybridized carbons (Fsp3) is 0.533. The van der Waals surface area contributed by atoms with Crippen LogP contribution in [0.25, 0.3) is 0 Å². The maximum Gasteiger partial charge on any atom is 0.508 e. The molecule has 1 aromatic carbocycles. The number of carbonyl (C=O) groups excluding carboxylic acids is 1. The van der Waals surface area contributed by atoms with Gasteiger partial charge in [-0.05, 0) is 18.7 Å². The Balaban J connectivity index is 2.19. The van der Waals surface area contributed by atoms with Crippen molar-refractivity contribution in [1.82, 2.24) is 4.90 Å². The van der Waals surface area contributed by atoms with Gasteiger partial charge in [0.05, 0.1) is 0 Å². The highest BCUT2D eigenvalue weighted by atomic mass is 16.7. The molecule has 1 aromatic rings. The second kappa shape index (κ2) is 9.34. The first-order chi connectivity index (χ1) is 9.65. The topological polar surface area (TPSA) is 59.0 Å². The van der Waals surface area contributed by atoms with Gasteiger partial charge in [-0.1, -0.05) is 44.2 Å². The van der Waals surface area contributed by atoms with Crippen LogP contribution in [0.5, 0.6) is 0 Å². The molecule has 1 atom stereocenters. The van der Waals surface area contributed by atoms with E-state index in [1.807, 2.05) is 44.2 Å². The maximum absolute atomic E-state index is 11.4. The third kappa shape index (κ3) is 6.54. The lowest BCUT2D eigenvalue weighted by atomic mass is 10.2. The third-order valence-electron chi connectivity index (χ3n) is 2.96. The summed E-state index contributed by atoms with van der Waals surface area (Å²) < 4.78 is 9.83. The number of benzene rings is 1. The Labute approximate surface area is 120 Å². The molecule has 0 aliphatic rings. The fourth-order valence-electron chi connectivity index (χ4n) is 1.75. The minimum atomic E-state index is -0.757. The second-order valence-corrected chi connectivity index (χ2v) is 4.47. The van der Waals surface area contributed by atoms with Gasteiger partial charge in [-0.15, -0.1) is 0 Å². The summed E-state index contributed by atoms with van der Waals surface area (Å²) in [4.78, 5) is 13.4. The van der Waals surface area contributed by atoms with Crippen LogP contribution in [-0.4, -0.2) is 48.5 Å². The number of carbonyl (C=O) groups is 1. The van der Waals surface area contributed by atoms with Crippen molar-refractivity contribution in [3.05, 3.63) is 35.9 Å². The van der Waals surface area contributed by atoms with E-state index in [2.05, 4.69) is 4.90 Å². The molecule has 0 aliphatic heterocycles. The molecule has 1 N–H and O–H groups in total. The number of ether oxygens (including phenoxy) is 2. The second-order valence-electron chi connectivity index (χ2n) is 4.47. The zero-order valence-corrected chi connectivity index (χ0v) is 12.1. The van der Waals surface area contributed by atoms with Crippen LogP contribution >= 0.6 is 0 Å². The van der Waals surface area contributed by atoms with Crippen molar-refractivity contribution in [3.63, 3.8) is 0 Å². The van der Waals surface area contributed by atoms with E-state index in [0.29, 0.717) is 6.54 Å². The van der Waals surface area contributed by atoms with Gasteiger partial charge in [0.25, 0.3) is 0 Å². The average molecular weight is 281 g/mol. The molecule has 0 bridgehead atoms. The molecule has 20 heavy (non-hydrogen) atoms. The molecule has 0 saturated carbocycles. The van der Waals surface area contributed by atoms with E-state index >= 15 is 0 Å². The number of nitrogens with zero attached hydrogens (tertiary/aromatic N) is 1. The van der Waals surface area contributed by atoms with Gasteiger partial charge in [-0.3, -0.25) is 0 Å². The first-order valence-corrected chi connectivity index (χ1v) is 6.89.